The molecule has 0 saturated heterocycles. The van der Waals surface area contributed by atoms with Crippen molar-refractivity contribution in [1.82, 2.24) is 0 Å². The zero-order chi connectivity index (χ0) is 16.1. The summed E-state index contributed by atoms with van der Waals surface area (Å²) in [7, 11) is 0. The van der Waals surface area contributed by atoms with E-state index in [2.05, 4.69) is 0 Å². The fraction of sp³-hybridized carbons (Fsp3) is 0.600. The Bertz CT molecular complexity index is 387. The minimum atomic E-state index is -2.22. The van der Waals surface area contributed by atoms with E-state index in [1.165, 1.54) is 0 Å². The van der Waals surface area contributed by atoms with Crippen LogP contribution in [0.3, 0.4) is 0 Å². The average Bonchev–Trinajstić information content (AvgIpc) is 2.10. The predicted octanol–water partition coefficient (Wildman–Crippen LogP) is -10.4. The zero-order valence-electron chi connectivity index (χ0n) is 16.4. The topological polar surface area (TPSA) is 201 Å². The quantitative estimate of drug-likeness (QED) is 0.197. The molecule has 0 bridgehead atoms. The molecule has 0 unspecified atom stereocenters. The molecule has 0 heterocycles. The first-order valence-corrected chi connectivity index (χ1v) is 5.37. The number of carboxylic acid groups (broad SMARTS) is 4. The Morgan fingerprint density at radius 2 is 0.739 bits per heavy atom. The van der Waals surface area contributed by atoms with Gasteiger partial charge in [-0.25, -0.2) is 0 Å². The largest absolute Gasteiger partial charge is 1.00 e. The molecule has 0 rings (SSSR count). The summed E-state index contributed by atoms with van der Waals surface area (Å²) in [5.41, 5.74) is 6.88. The smallest absolute Gasteiger partial charge is 1.00 e. The molecule has 10 nitrogen and oxygen atoms in total. The minimum absolute atomic E-state index is 0. The standard InChI is InChI=1S/C10H16N2O8.3K.3H/c11-9(1-5(13)14,2-6(15)16)10(12,3-7(17)18)4-8(19)20;;;;;;/h1-4,11-12H2,(H,13,14)(H,15,16)(H,17,18)(H,19,20);;;;;;/q;3*+1;3*-1. The molecule has 13 heteroatoms. The Morgan fingerprint density at radius 3 is 0.826 bits per heavy atom. The van der Waals surface area contributed by atoms with Gasteiger partial charge in [0.2, 0.25) is 0 Å². The van der Waals surface area contributed by atoms with Crippen LogP contribution in [0.15, 0.2) is 0 Å². The molecule has 0 atom stereocenters. The summed E-state index contributed by atoms with van der Waals surface area (Å²) in [4.78, 5) is 43.2. The molecule has 8 N–H and O–H groups in total. The fourth-order valence-electron chi connectivity index (χ4n) is 1.91. The summed E-state index contributed by atoms with van der Waals surface area (Å²) in [6.07, 6.45) is -3.90. The summed E-state index contributed by atoms with van der Waals surface area (Å²) in [6, 6.07) is 0. The SMILES string of the molecule is NC(CC(=O)O)(CC(=O)O)C(N)(CC(=O)O)CC(=O)O.[H-].[H-].[H-].[K+].[K+].[K+]. The van der Waals surface area contributed by atoms with E-state index in [1.54, 1.807) is 0 Å². The van der Waals surface area contributed by atoms with Crippen molar-refractivity contribution < 1.29 is 198 Å². The van der Waals surface area contributed by atoms with E-state index in [-0.39, 0.29) is 158 Å². The van der Waals surface area contributed by atoms with Crippen molar-refractivity contribution in [2.24, 2.45) is 11.5 Å². The molecule has 0 radical (unpaired) electrons. The van der Waals surface area contributed by atoms with Crippen LogP contribution >= 0.6 is 0 Å². The normalized spacial score (nSPS) is 10.3. The molecule has 0 fully saturated rings. The van der Waals surface area contributed by atoms with Gasteiger partial charge in [-0.3, -0.25) is 19.2 Å². The maximum absolute atomic E-state index is 10.8. The van der Waals surface area contributed by atoms with Gasteiger partial charge in [-0.05, 0) is 0 Å². The van der Waals surface area contributed by atoms with Crippen LogP contribution in [0.1, 0.15) is 30.0 Å². The summed E-state index contributed by atoms with van der Waals surface area (Å²) >= 11 is 0. The van der Waals surface area contributed by atoms with E-state index >= 15 is 0 Å². The van der Waals surface area contributed by atoms with Gasteiger partial charge in [-0.15, -0.1) is 0 Å². The van der Waals surface area contributed by atoms with E-state index in [0.29, 0.717) is 0 Å². The van der Waals surface area contributed by atoms with Crippen LogP contribution in [0.5, 0.6) is 0 Å². The number of carboxylic acids is 4. The molecule has 120 valence electrons. The van der Waals surface area contributed by atoms with E-state index in [9.17, 15) is 19.2 Å². The number of aliphatic carboxylic acids is 4. The second kappa shape index (κ2) is 14.7. The molecule has 23 heavy (non-hydrogen) atoms. The molecular formula is C10H19K3N2O8. The number of hydrogen-bond donors (Lipinski definition) is 6. The zero-order valence-corrected chi connectivity index (χ0v) is 22.8. The second-order valence-electron chi connectivity index (χ2n) is 4.59. The van der Waals surface area contributed by atoms with Gasteiger partial charge < -0.3 is 36.2 Å². The van der Waals surface area contributed by atoms with E-state index < -0.39 is 60.6 Å². The summed E-state index contributed by atoms with van der Waals surface area (Å²) in [5, 5.41) is 35.1. The van der Waals surface area contributed by atoms with Gasteiger partial charge in [0.15, 0.2) is 0 Å². The van der Waals surface area contributed by atoms with Crippen LogP contribution < -0.4 is 166 Å². The van der Waals surface area contributed by atoms with Crippen molar-refractivity contribution in [1.29, 1.82) is 0 Å². The molecule has 0 saturated carbocycles. The minimum Gasteiger partial charge on any atom is -1.00 e. The van der Waals surface area contributed by atoms with Crippen molar-refractivity contribution in [2.45, 2.75) is 36.8 Å². The molecule has 0 aromatic carbocycles. The molecule has 0 aliphatic heterocycles. The molecule has 0 aliphatic carbocycles. The van der Waals surface area contributed by atoms with Crippen LogP contribution in [-0.2, 0) is 19.2 Å². The van der Waals surface area contributed by atoms with Crippen molar-refractivity contribution in [2.75, 3.05) is 0 Å². The first-order chi connectivity index (χ1) is 8.92. The van der Waals surface area contributed by atoms with Crippen molar-refractivity contribution in [3.63, 3.8) is 0 Å². The Hall–Kier alpha value is 2.71. The average molecular weight is 413 g/mol. The van der Waals surface area contributed by atoms with Crippen LogP contribution in [0, 0.1) is 0 Å². The van der Waals surface area contributed by atoms with Gasteiger partial charge in [0, 0.05) is 0 Å². The summed E-state index contributed by atoms with van der Waals surface area (Å²) < 4.78 is 0. The number of carbonyl (C=O) groups is 4. The van der Waals surface area contributed by atoms with Gasteiger partial charge in [0.05, 0.1) is 36.8 Å². The fourth-order valence-corrected chi connectivity index (χ4v) is 1.91. The number of rotatable bonds is 9. The van der Waals surface area contributed by atoms with Crippen molar-refractivity contribution >= 4 is 23.9 Å². The molecule has 0 aromatic heterocycles. The van der Waals surface area contributed by atoms with Crippen LogP contribution in [0.2, 0.25) is 0 Å². The molecule has 0 spiro atoms. The first-order valence-electron chi connectivity index (χ1n) is 5.37. The Kier molecular flexibility index (Phi) is 21.3. The molecule has 0 amide bonds. The van der Waals surface area contributed by atoms with Gasteiger partial charge in [-0.1, -0.05) is 0 Å². The summed E-state index contributed by atoms with van der Waals surface area (Å²) in [6.45, 7) is 0. The van der Waals surface area contributed by atoms with Crippen molar-refractivity contribution in [3.05, 3.63) is 0 Å². The summed E-state index contributed by atoms with van der Waals surface area (Å²) in [5.74, 6) is -6.06. The van der Waals surface area contributed by atoms with Crippen LogP contribution in [0.4, 0.5) is 0 Å². The Labute approximate surface area is 264 Å². The first kappa shape index (κ1) is 33.3. The third kappa shape index (κ3) is 12.7. The third-order valence-corrected chi connectivity index (χ3v) is 2.86. The number of hydrogen-bond acceptors (Lipinski definition) is 6. The van der Waals surface area contributed by atoms with E-state index in [0.717, 1.165) is 0 Å². The van der Waals surface area contributed by atoms with Crippen LogP contribution in [0.25, 0.3) is 0 Å². The monoisotopic (exact) mass is 412 g/mol. The Morgan fingerprint density at radius 1 is 0.609 bits per heavy atom. The maximum Gasteiger partial charge on any atom is 1.00 e. The maximum atomic E-state index is 10.8. The van der Waals surface area contributed by atoms with Gasteiger partial charge in [0.1, 0.15) is 0 Å². The Balaban J connectivity index is -0.000000120. The second-order valence-corrected chi connectivity index (χ2v) is 4.59. The van der Waals surface area contributed by atoms with Gasteiger partial charge in [0.25, 0.3) is 0 Å². The van der Waals surface area contributed by atoms with Gasteiger partial charge in [-0.2, -0.15) is 0 Å². The van der Waals surface area contributed by atoms with E-state index in [4.69, 9.17) is 31.9 Å². The van der Waals surface area contributed by atoms with Crippen LogP contribution in [-0.4, -0.2) is 55.4 Å². The number of nitrogens with two attached hydrogens (primary N) is 2. The van der Waals surface area contributed by atoms with E-state index in [1.807, 2.05) is 0 Å². The molecule has 0 aromatic rings. The van der Waals surface area contributed by atoms with Gasteiger partial charge >= 0.3 is 178 Å². The molecule has 0 aliphatic rings. The van der Waals surface area contributed by atoms with Crippen molar-refractivity contribution in [3.8, 4) is 0 Å². The molecular weight excluding hydrogens is 393 g/mol. The third-order valence-electron chi connectivity index (χ3n) is 2.86. The predicted molar refractivity (Wildman–Crippen MR) is 66.2 cm³/mol.